The van der Waals surface area contributed by atoms with Crippen molar-refractivity contribution >= 4 is 28.3 Å². The molecule has 3 aromatic rings. The number of hydrogen-bond acceptors (Lipinski definition) is 4. The molecule has 0 fully saturated rings. The van der Waals surface area contributed by atoms with Gasteiger partial charge < -0.3 is 14.8 Å². The van der Waals surface area contributed by atoms with Gasteiger partial charge in [-0.25, -0.2) is 4.79 Å². The van der Waals surface area contributed by atoms with Crippen LogP contribution in [0.15, 0.2) is 78.9 Å². The van der Waals surface area contributed by atoms with E-state index < -0.39 is 5.97 Å². The molecule has 0 aliphatic carbocycles. The Morgan fingerprint density at radius 2 is 1.70 bits per heavy atom. The Morgan fingerprint density at radius 3 is 2.53 bits per heavy atom. The van der Waals surface area contributed by atoms with Crippen LogP contribution >= 0.6 is 0 Å². The smallest absolute Gasteiger partial charge is 0.339 e. The molecule has 1 N–H and O–H groups in total. The summed E-state index contributed by atoms with van der Waals surface area (Å²) in [6.45, 7) is 0.483. The standard InChI is InChI=1S/C25H25NO4/c1-29-25(28)22-12-7-8-13-23(22)26-24(27)14-4-2-3-9-17-30-21-16-15-19-10-5-6-11-20(19)18-21/h3,5-13,15-16,18H,2,4,14,17H2,1H3,(H,26,27)/b9-3+. The zero-order chi connectivity index (χ0) is 21.2. The van der Waals surface area contributed by atoms with E-state index in [4.69, 9.17) is 9.47 Å². The molecule has 0 aliphatic heterocycles. The third-order valence-corrected chi connectivity index (χ3v) is 4.61. The lowest BCUT2D eigenvalue weighted by molar-refractivity contribution is -0.116. The number of rotatable bonds is 9. The summed E-state index contributed by atoms with van der Waals surface area (Å²) in [7, 11) is 1.32. The molecule has 5 nitrogen and oxygen atoms in total. The molecule has 154 valence electrons. The number of nitrogens with one attached hydrogen (secondary N) is 1. The van der Waals surface area contributed by atoms with Crippen molar-refractivity contribution in [3.63, 3.8) is 0 Å². The Hall–Kier alpha value is -3.60. The van der Waals surface area contributed by atoms with Gasteiger partial charge in [-0.2, -0.15) is 0 Å². The van der Waals surface area contributed by atoms with E-state index in [1.165, 1.54) is 12.5 Å². The number of fused-ring (bicyclic) bond motifs is 1. The molecule has 0 saturated carbocycles. The fraction of sp³-hybridized carbons (Fsp3) is 0.200. The van der Waals surface area contributed by atoms with Crippen LogP contribution in [-0.2, 0) is 9.53 Å². The van der Waals surface area contributed by atoms with Gasteiger partial charge in [0, 0.05) is 6.42 Å². The van der Waals surface area contributed by atoms with Crippen LogP contribution in [0.2, 0.25) is 0 Å². The first kappa shape index (κ1) is 21.1. The molecule has 0 aromatic heterocycles. The van der Waals surface area contributed by atoms with E-state index in [1.54, 1.807) is 24.3 Å². The number of carbonyl (C=O) groups is 2. The summed E-state index contributed by atoms with van der Waals surface area (Å²) >= 11 is 0. The van der Waals surface area contributed by atoms with E-state index in [1.807, 2.05) is 42.5 Å². The van der Waals surface area contributed by atoms with Crippen molar-refractivity contribution in [2.45, 2.75) is 19.3 Å². The van der Waals surface area contributed by atoms with Crippen molar-refractivity contribution in [3.8, 4) is 5.75 Å². The second-order valence-corrected chi connectivity index (χ2v) is 6.77. The van der Waals surface area contributed by atoms with Gasteiger partial charge in [0.1, 0.15) is 12.4 Å². The minimum absolute atomic E-state index is 0.132. The summed E-state index contributed by atoms with van der Waals surface area (Å²) in [4.78, 5) is 23.9. The Morgan fingerprint density at radius 1 is 0.933 bits per heavy atom. The number of allylic oxidation sites excluding steroid dienone is 1. The molecule has 0 heterocycles. The molecule has 0 radical (unpaired) electrons. The number of unbranched alkanes of at least 4 members (excludes halogenated alkanes) is 1. The molecule has 0 aliphatic rings. The van der Waals surface area contributed by atoms with E-state index in [9.17, 15) is 9.59 Å². The van der Waals surface area contributed by atoms with E-state index in [0.717, 1.165) is 17.6 Å². The monoisotopic (exact) mass is 403 g/mol. The quantitative estimate of drug-likeness (QED) is 0.296. The first-order valence-corrected chi connectivity index (χ1v) is 9.91. The van der Waals surface area contributed by atoms with Crippen molar-refractivity contribution < 1.29 is 19.1 Å². The maximum absolute atomic E-state index is 12.1. The van der Waals surface area contributed by atoms with Crippen molar-refractivity contribution in [2.75, 3.05) is 19.0 Å². The number of carbonyl (C=O) groups excluding carboxylic acids is 2. The van der Waals surface area contributed by atoms with Crippen LogP contribution in [0.4, 0.5) is 5.69 Å². The number of benzene rings is 3. The van der Waals surface area contributed by atoms with Crippen LogP contribution in [-0.4, -0.2) is 25.6 Å². The second kappa shape index (κ2) is 10.8. The topological polar surface area (TPSA) is 64.6 Å². The van der Waals surface area contributed by atoms with Crippen LogP contribution in [0.3, 0.4) is 0 Å². The lowest BCUT2D eigenvalue weighted by atomic mass is 10.1. The highest BCUT2D eigenvalue weighted by molar-refractivity contribution is 6.01. The molecule has 30 heavy (non-hydrogen) atoms. The Balaban J connectivity index is 1.38. The fourth-order valence-electron chi connectivity index (χ4n) is 3.06. The lowest BCUT2D eigenvalue weighted by Crippen LogP contribution is -2.14. The highest BCUT2D eigenvalue weighted by Crippen LogP contribution is 2.20. The van der Waals surface area contributed by atoms with Gasteiger partial charge in [-0.3, -0.25) is 4.79 Å². The Bertz CT molecular complexity index is 1040. The molecule has 1 amide bonds. The van der Waals surface area contributed by atoms with E-state index in [2.05, 4.69) is 17.4 Å². The first-order chi connectivity index (χ1) is 14.7. The zero-order valence-corrected chi connectivity index (χ0v) is 17.0. The summed E-state index contributed by atoms with van der Waals surface area (Å²) in [6.07, 6.45) is 5.81. The number of amides is 1. The molecule has 0 atom stereocenters. The maximum atomic E-state index is 12.1. The predicted molar refractivity (Wildman–Crippen MR) is 119 cm³/mol. The maximum Gasteiger partial charge on any atom is 0.339 e. The highest BCUT2D eigenvalue weighted by Gasteiger charge is 2.12. The van der Waals surface area contributed by atoms with Gasteiger partial charge in [0.05, 0.1) is 18.4 Å². The number of methoxy groups -OCH3 is 1. The lowest BCUT2D eigenvalue weighted by Gasteiger charge is -2.09. The summed E-state index contributed by atoms with van der Waals surface area (Å²) < 4.78 is 10.5. The van der Waals surface area contributed by atoms with Gasteiger partial charge in [-0.15, -0.1) is 0 Å². The Labute approximate surface area is 176 Å². The van der Waals surface area contributed by atoms with Gasteiger partial charge in [-0.1, -0.05) is 54.6 Å². The summed E-state index contributed by atoms with van der Waals surface area (Å²) in [5.74, 6) is 0.231. The fourth-order valence-corrected chi connectivity index (χ4v) is 3.06. The van der Waals surface area contributed by atoms with Gasteiger partial charge >= 0.3 is 5.97 Å². The number of esters is 1. The van der Waals surface area contributed by atoms with Crippen molar-refractivity contribution in [3.05, 3.63) is 84.4 Å². The average Bonchev–Trinajstić information content (AvgIpc) is 2.78. The van der Waals surface area contributed by atoms with Crippen LogP contribution in [0.1, 0.15) is 29.6 Å². The largest absolute Gasteiger partial charge is 0.490 e. The van der Waals surface area contributed by atoms with E-state index >= 15 is 0 Å². The van der Waals surface area contributed by atoms with Crippen molar-refractivity contribution in [1.82, 2.24) is 0 Å². The SMILES string of the molecule is COC(=O)c1ccccc1NC(=O)CCC/C=C/COc1ccc2ccccc2c1. The minimum atomic E-state index is -0.472. The second-order valence-electron chi connectivity index (χ2n) is 6.77. The molecule has 3 rings (SSSR count). The molecular weight excluding hydrogens is 378 g/mol. The van der Waals surface area contributed by atoms with Gasteiger partial charge in [0.15, 0.2) is 0 Å². The van der Waals surface area contributed by atoms with Crippen LogP contribution in [0, 0.1) is 0 Å². The third-order valence-electron chi connectivity index (χ3n) is 4.61. The molecule has 0 saturated heterocycles. The minimum Gasteiger partial charge on any atom is -0.490 e. The molecule has 0 unspecified atom stereocenters. The summed E-state index contributed by atoms with van der Waals surface area (Å²) in [5.41, 5.74) is 0.813. The van der Waals surface area contributed by atoms with Crippen molar-refractivity contribution in [2.24, 2.45) is 0 Å². The van der Waals surface area contributed by atoms with Gasteiger partial charge in [0.25, 0.3) is 0 Å². The summed E-state index contributed by atoms with van der Waals surface area (Å²) in [5, 5.41) is 5.11. The predicted octanol–water partition coefficient (Wildman–Crippen LogP) is 5.37. The zero-order valence-electron chi connectivity index (χ0n) is 17.0. The van der Waals surface area contributed by atoms with Crippen molar-refractivity contribution in [1.29, 1.82) is 0 Å². The van der Waals surface area contributed by atoms with E-state index in [0.29, 0.717) is 30.7 Å². The molecule has 0 bridgehead atoms. The first-order valence-electron chi connectivity index (χ1n) is 9.91. The van der Waals surface area contributed by atoms with Gasteiger partial charge in [0.2, 0.25) is 5.91 Å². The average molecular weight is 403 g/mol. The number of hydrogen-bond donors (Lipinski definition) is 1. The highest BCUT2D eigenvalue weighted by atomic mass is 16.5. The molecule has 3 aromatic carbocycles. The molecule has 0 spiro atoms. The number of anilines is 1. The van der Waals surface area contributed by atoms with E-state index in [-0.39, 0.29) is 5.91 Å². The van der Waals surface area contributed by atoms with Crippen LogP contribution in [0.5, 0.6) is 5.75 Å². The normalized spacial score (nSPS) is 10.8. The van der Waals surface area contributed by atoms with Crippen LogP contribution in [0.25, 0.3) is 10.8 Å². The Kier molecular flexibility index (Phi) is 7.61. The third kappa shape index (κ3) is 5.95. The summed E-state index contributed by atoms with van der Waals surface area (Å²) in [6, 6.07) is 21.0. The number of para-hydroxylation sites is 1. The van der Waals surface area contributed by atoms with Crippen LogP contribution < -0.4 is 10.1 Å². The van der Waals surface area contributed by atoms with Gasteiger partial charge in [-0.05, 0) is 47.9 Å². The molecular formula is C25H25NO4. The number of ether oxygens (including phenoxy) is 2. The molecule has 5 heteroatoms.